The van der Waals surface area contributed by atoms with Crippen molar-refractivity contribution in [2.45, 2.75) is 69.7 Å². The fraction of sp³-hybridized carbons (Fsp3) is 0.500. The second-order valence-corrected chi connectivity index (χ2v) is 17.3. The topological polar surface area (TPSA) is 57.6 Å². The molecule has 190 valence electrons. The Bertz CT molecular complexity index is 1060. The lowest BCUT2D eigenvalue weighted by molar-refractivity contribution is -0.134. The van der Waals surface area contributed by atoms with E-state index in [1.54, 1.807) is 18.2 Å². The van der Waals surface area contributed by atoms with E-state index in [4.69, 9.17) is 23.2 Å². The van der Waals surface area contributed by atoms with Gasteiger partial charge in [-0.15, -0.1) is 0 Å². The first-order chi connectivity index (χ1) is 16.3. The van der Waals surface area contributed by atoms with Crippen molar-refractivity contribution in [2.24, 2.45) is 0 Å². The van der Waals surface area contributed by atoms with Crippen LogP contribution in [0, 0.1) is 0 Å². The molecule has 1 heterocycles. The summed E-state index contributed by atoms with van der Waals surface area (Å²) < 4.78 is 0. The molecule has 0 spiro atoms. The number of aliphatic hydroxyl groups is 1. The molecule has 1 fully saturated rings. The SMILES string of the molecule is CC(C)(C)[Si](C)(C)C(=O)C(=O)C(CCN1CCC(O)(c2ccccc2)CC1)c1ccc(Cl)c(Cl)c1. The van der Waals surface area contributed by atoms with E-state index in [2.05, 4.69) is 4.90 Å². The molecule has 35 heavy (non-hydrogen) atoms. The molecule has 7 heteroatoms. The van der Waals surface area contributed by atoms with Crippen molar-refractivity contribution in [1.29, 1.82) is 0 Å². The van der Waals surface area contributed by atoms with Gasteiger partial charge in [0.2, 0.25) is 5.78 Å². The molecule has 0 amide bonds. The summed E-state index contributed by atoms with van der Waals surface area (Å²) in [6.45, 7) is 12.2. The van der Waals surface area contributed by atoms with E-state index >= 15 is 0 Å². The van der Waals surface area contributed by atoms with Gasteiger partial charge in [-0.25, -0.2) is 0 Å². The van der Waals surface area contributed by atoms with E-state index in [1.165, 1.54) is 0 Å². The molecule has 1 atom stereocenters. The maximum absolute atomic E-state index is 13.6. The fourth-order valence-corrected chi connectivity index (χ4v) is 6.26. The van der Waals surface area contributed by atoms with Crippen molar-refractivity contribution < 1.29 is 14.7 Å². The number of ketones is 1. The number of hydrogen-bond donors (Lipinski definition) is 1. The summed E-state index contributed by atoms with van der Waals surface area (Å²) in [5.41, 5.74) is 0.854. The van der Waals surface area contributed by atoms with Gasteiger partial charge in [0.15, 0.2) is 5.41 Å². The molecule has 0 radical (unpaired) electrons. The number of Topliss-reactive ketones (excluding diaryl/α,β-unsaturated/α-hetero) is 1. The zero-order valence-corrected chi connectivity index (χ0v) is 23.9. The highest BCUT2D eigenvalue weighted by molar-refractivity contribution is 7.14. The highest BCUT2D eigenvalue weighted by atomic mass is 35.5. The first-order valence-electron chi connectivity index (χ1n) is 12.3. The Morgan fingerprint density at radius 1 is 1.03 bits per heavy atom. The number of nitrogens with zero attached hydrogens (tertiary/aromatic N) is 1. The summed E-state index contributed by atoms with van der Waals surface area (Å²) >= 11 is 12.4. The quantitative estimate of drug-likeness (QED) is 0.305. The van der Waals surface area contributed by atoms with Gasteiger partial charge in [0, 0.05) is 13.1 Å². The average molecular weight is 535 g/mol. The third kappa shape index (κ3) is 6.26. The van der Waals surface area contributed by atoms with Crippen molar-refractivity contribution in [3.05, 3.63) is 69.7 Å². The molecule has 0 saturated carbocycles. The summed E-state index contributed by atoms with van der Waals surface area (Å²) in [6.07, 6.45) is 1.78. The Hall–Kier alpha value is -1.50. The molecule has 1 N–H and O–H groups in total. The van der Waals surface area contributed by atoms with Crippen LogP contribution >= 0.6 is 23.2 Å². The number of rotatable bonds is 8. The van der Waals surface area contributed by atoms with E-state index in [-0.39, 0.29) is 16.2 Å². The number of benzene rings is 2. The van der Waals surface area contributed by atoms with E-state index < -0.39 is 19.6 Å². The summed E-state index contributed by atoms with van der Waals surface area (Å²) in [5, 5.41) is 11.5. The van der Waals surface area contributed by atoms with Crippen LogP contribution in [0.5, 0.6) is 0 Å². The summed E-state index contributed by atoms with van der Waals surface area (Å²) in [4.78, 5) is 29.4. The first kappa shape index (κ1) is 28.1. The number of carbonyl (C=O) groups is 2. The maximum Gasteiger partial charge on any atom is 0.200 e. The van der Waals surface area contributed by atoms with Crippen molar-refractivity contribution in [2.75, 3.05) is 19.6 Å². The van der Waals surface area contributed by atoms with Crippen molar-refractivity contribution in [3.63, 3.8) is 0 Å². The third-order valence-corrected chi connectivity index (χ3v) is 13.9. The molecule has 0 aromatic heterocycles. The zero-order chi connectivity index (χ0) is 26.0. The molecule has 1 aliphatic heterocycles. The van der Waals surface area contributed by atoms with Crippen LogP contribution in [0.25, 0.3) is 0 Å². The lowest BCUT2D eigenvalue weighted by atomic mass is 9.84. The predicted octanol–water partition coefficient (Wildman–Crippen LogP) is 6.64. The van der Waals surface area contributed by atoms with Gasteiger partial charge in [-0.2, -0.15) is 0 Å². The third-order valence-electron chi connectivity index (χ3n) is 8.06. The van der Waals surface area contributed by atoms with Gasteiger partial charge in [-0.05, 0) is 54.1 Å². The standard InChI is InChI=1S/C28H37Cl2NO3Si/c1-27(2,3)35(4,5)26(33)25(32)22(20-11-12-23(29)24(30)19-20)13-16-31-17-14-28(34,15-18-31)21-9-7-6-8-10-21/h6-12,19,22,34H,13-18H2,1-5H3. The molecule has 0 bridgehead atoms. The minimum atomic E-state index is -2.51. The van der Waals surface area contributed by atoms with Gasteiger partial charge in [0.05, 0.1) is 21.6 Å². The zero-order valence-electron chi connectivity index (χ0n) is 21.4. The summed E-state index contributed by atoms with van der Waals surface area (Å²) in [5.74, 6) is -0.894. The Labute approximate surface area is 220 Å². The van der Waals surface area contributed by atoms with Crippen LogP contribution in [0.15, 0.2) is 48.5 Å². The first-order valence-corrected chi connectivity index (χ1v) is 16.1. The van der Waals surface area contributed by atoms with Crippen LogP contribution in [-0.4, -0.2) is 48.9 Å². The molecule has 1 unspecified atom stereocenters. The average Bonchev–Trinajstić information content (AvgIpc) is 2.81. The molecule has 0 aliphatic carbocycles. The van der Waals surface area contributed by atoms with Crippen LogP contribution in [0.1, 0.15) is 57.1 Å². The van der Waals surface area contributed by atoms with Crippen LogP contribution in [-0.2, 0) is 15.2 Å². The Morgan fingerprint density at radius 3 is 2.17 bits per heavy atom. The van der Waals surface area contributed by atoms with Crippen LogP contribution in [0.3, 0.4) is 0 Å². The van der Waals surface area contributed by atoms with Crippen molar-refractivity contribution in [1.82, 2.24) is 4.90 Å². The van der Waals surface area contributed by atoms with E-state index in [0.717, 1.165) is 24.2 Å². The Morgan fingerprint density at radius 2 is 1.63 bits per heavy atom. The normalized spacial score (nSPS) is 17.7. The van der Waals surface area contributed by atoms with Gasteiger partial charge in [-0.1, -0.05) is 93.5 Å². The lowest BCUT2D eigenvalue weighted by Gasteiger charge is -2.39. The van der Waals surface area contributed by atoms with Crippen molar-refractivity contribution in [3.8, 4) is 0 Å². The van der Waals surface area contributed by atoms with E-state index in [9.17, 15) is 14.7 Å². The van der Waals surface area contributed by atoms with Gasteiger partial charge in [-0.3, -0.25) is 9.59 Å². The van der Waals surface area contributed by atoms with Crippen LogP contribution in [0.4, 0.5) is 0 Å². The highest BCUT2D eigenvalue weighted by Gasteiger charge is 2.47. The van der Waals surface area contributed by atoms with Crippen LogP contribution in [0.2, 0.25) is 28.2 Å². The second-order valence-electron chi connectivity index (χ2n) is 11.3. The Kier molecular flexibility index (Phi) is 8.71. The molecule has 2 aromatic carbocycles. The molecule has 1 aliphatic rings. The summed E-state index contributed by atoms with van der Waals surface area (Å²) in [7, 11) is -2.51. The van der Waals surface area contributed by atoms with E-state index in [1.807, 2.05) is 64.2 Å². The van der Waals surface area contributed by atoms with Gasteiger partial charge in [0.1, 0.15) is 8.07 Å². The van der Waals surface area contributed by atoms with Gasteiger partial charge in [0.25, 0.3) is 0 Å². The van der Waals surface area contributed by atoms with Crippen LogP contribution < -0.4 is 0 Å². The number of halogens is 2. The smallest absolute Gasteiger partial charge is 0.200 e. The lowest BCUT2D eigenvalue weighted by Crippen LogP contribution is -2.51. The highest BCUT2D eigenvalue weighted by Crippen LogP contribution is 2.39. The Balaban J connectivity index is 1.76. The molecular weight excluding hydrogens is 497 g/mol. The fourth-order valence-electron chi connectivity index (χ4n) is 4.48. The number of carbonyl (C=O) groups excluding carboxylic acids is 2. The van der Waals surface area contributed by atoms with Gasteiger partial charge >= 0.3 is 0 Å². The molecule has 4 nitrogen and oxygen atoms in total. The largest absolute Gasteiger partial charge is 0.385 e. The van der Waals surface area contributed by atoms with Gasteiger partial charge < -0.3 is 10.0 Å². The predicted molar refractivity (Wildman–Crippen MR) is 147 cm³/mol. The molecule has 2 aromatic rings. The number of piperidine rings is 1. The number of hydrogen-bond acceptors (Lipinski definition) is 4. The number of likely N-dealkylation sites (tertiary alicyclic amines) is 1. The molecule has 3 rings (SSSR count). The second kappa shape index (κ2) is 10.9. The summed E-state index contributed by atoms with van der Waals surface area (Å²) in [6, 6.07) is 15.0. The minimum Gasteiger partial charge on any atom is -0.385 e. The minimum absolute atomic E-state index is 0.224. The maximum atomic E-state index is 13.6. The molecular formula is C28H37Cl2NO3Si. The van der Waals surface area contributed by atoms with E-state index in [0.29, 0.717) is 35.9 Å². The monoisotopic (exact) mass is 533 g/mol. The van der Waals surface area contributed by atoms with Crippen molar-refractivity contribution >= 4 is 42.5 Å². The molecule has 1 saturated heterocycles.